The molecule has 108 valence electrons. The highest BCUT2D eigenvalue weighted by molar-refractivity contribution is 5.43. The molecule has 0 aromatic heterocycles. The molecule has 0 heterocycles. The number of nitriles is 1. The van der Waals surface area contributed by atoms with E-state index in [1.807, 2.05) is 43.4 Å². The molecular weight excluding hydrogens is 264 g/mol. The summed E-state index contributed by atoms with van der Waals surface area (Å²) < 4.78 is 11.2. The Bertz CT molecular complexity index is 647. The van der Waals surface area contributed by atoms with Crippen molar-refractivity contribution in [1.82, 2.24) is 5.32 Å². The number of rotatable bonds is 6. The third-order valence-electron chi connectivity index (χ3n) is 3.06. The highest BCUT2D eigenvalue weighted by Crippen LogP contribution is 2.28. The summed E-state index contributed by atoms with van der Waals surface area (Å²) >= 11 is 0. The Kier molecular flexibility index (Phi) is 5.19. The highest BCUT2D eigenvalue weighted by Gasteiger charge is 2.06. The van der Waals surface area contributed by atoms with Crippen LogP contribution in [-0.2, 0) is 13.2 Å². The fourth-order valence-corrected chi connectivity index (χ4v) is 2.04. The van der Waals surface area contributed by atoms with Crippen LogP contribution < -0.4 is 14.8 Å². The third-order valence-corrected chi connectivity index (χ3v) is 3.06. The molecule has 0 saturated carbocycles. The molecule has 0 spiro atoms. The lowest BCUT2D eigenvalue weighted by Crippen LogP contribution is -2.05. The topological polar surface area (TPSA) is 54.3 Å². The molecule has 21 heavy (non-hydrogen) atoms. The molecule has 0 aliphatic carbocycles. The molecule has 0 unspecified atom stereocenters. The van der Waals surface area contributed by atoms with E-state index in [0.717, 1.165) is 17.7 Å². The van der Waals surface area contributed by atoms with Crippen molar-refractivity contribution < 1.29 is 9.47 Å². The second-order valence-corrected chi connectivity index (χ2v) is 4.62. The maximum absolute atomic E-state index is 8.89. The predicted molar refractivity (Wildman–Crippen MR) is 81.2 cm³/mol. The fraction of sp³-hybridized carbons (Fsp3) is 0.235. The van der Waals surface area contributed by atoms with E-state index in [-0.39, 0.29) is 0 Å². The number of methoxy groups -OCH3 is 1. The van der Waals surface area contributed by atoms with E-state index < -0.39 is 0 Å². The Hall–Kier alpha value is -2.51. The molecule has 0 bridgehead atoms. The van der Waals surface area contributed by atoms with Gasteiger partial charge in [-0.15, -0.1) is 0 Å². The van der Waals surface area contributed by atoms with Gasteiger partial charge in [-0.05, 0) is 42.4 Å². The Morgan fingerprint density at radius 2 is 1.95 bits per heavy atom. The first kappa shape index (κ1) is 14.9. The normalized spacial score (nSPS) is 9.95. The summed E-state index contributed by atoms with van der Waals surface area (Å²) in [5, 5.41) is 12.0. The van der Waals surface area contributed by atoms with Crippen LogP contribution in [0.15, 0.2) is 42.5 Å². The number of ether oxygens (including phenoxy) is 2. The van der Waals surface area contributed by atoms with Gasteiger partial charge in [-0.1, -0.05) is 18.2 Å². The van der Waals surface area contributed by atoms with Crippen LogP contribution in [0.4, 0.5) is 0 Å². The van der Waals surface area contributed by atoms with Crippen LogP contribution in [0.3, 0.4) is 0 Å². The summed E-state index contributed by atoms with van der Waals surface area (Å²) in [6, 6.07) is 15.4. The quantitative estimate of drug-likeness (QED) is 0.885. The van der Waals surface area contributed by atoms with Crippen molar-refractivity contribution in [3.05, 3.63) is 59.2 Å². The highest BCUT2D eigenvalue weighted by atomic mass is 16.5. The number of hydrogen-bond donors (Lipinski definition) is 1. The number of nitrogens with zero attached hydrogens (tertiary/aromatic N) is 1. The Balaban J connectivity index is 2.10. The minimum Gasteiger partial charge on any atom is -0.493 e. The molecule has 2 aromatic carbocycles. The van der Waals surface area contributed by atoms with Crippen molar-refractivity contribution in [3.63, 3.8) is 0 Å². The number of nitrogens with one attached hydrogen (secondary N) is 1. The van der Waals surface area contributed by atoms with Crippen LogP contribution >= 0.6 is 0 Å². The van der Waals surface area contributed by atoms with Crippen molar-refractivity contribution in [2.24, 2.45) is 0 Å². The molecule has 0 aliphatic rings. The average Bonchev–Trinajstić information content (AvgIpc) is 2.54. The third kappa shape index (κ3) is 3.98. The summed E-state index contributed by atoms with van der Waals surface area (Å²) in [4.78, 5) is 0. The minimum absolute atomic E-state index is 0.400. The molecular formula is C17H18N2O2. The Morgan fingerprint density at radius 3 is 2.67 bits per heavy atom. The van der Waals surface area contributed by atoms with Gasteiger partial charge in [0.15, 0.2) is 11.5 Å². The van der Waals surface area contributed by atoms with Gasteiger partial charge in [0.05, 0.1) is 18.7 Å². The van der Waals surface area contributed by atoms with Gasteiger partial charge in [-0.3, -0.25) is 0 Å². The number of hydrogen-bond acceptors (Lipinski definition) is 4. The Morgan fingerprint density at radius 1 is 1.10 bits per heavy atom. The molecule has 2 rings (SSSR count). The molecule has 4 heteroatoms. The predicted octanol–water partition coefficient (Wildman–Crippen LogP) is 2.87. The van der Waals surface area contributed by atoms with E-state index in [4.69, 9.17) is 14.7 Å². The lowest BCUT2D eigenvalue weighted by molar-refractivity contribution is 0.284. The lowest BCUT2D eigenvalue weighted by Gasteiger charge is -2.12. The van der Waals surface area contributed by atoms with E-state index in [0.29, 0.717) is 23.7 Å². The lowest BCUT2D eigenvalue weighted by atomic mass is 10.1. The molecule has 2 aromatic rings. The summed E-state index contributed by atoms with van der Waals surface area (Å²) in [5.41, 5.74) is 2.72. The Labute approximate surface area is 124 Å². The maximum Gasteiger partial charge on any atom is 0.161 e. The van der Waals surface area contributed by atoms with Crippen LogP contribution in [0, 0.1) is 11.3 Å². The van der Waals surface area contributed by atoms with Crippen LogP contribution in [0.25, 0.3) is 0 Å². The van der Waals surface area contributed by atoms with Crippen LogP contribution in [0.1, 0.15) is 16.7 Å². The van der Waals surface area contributed by atoms with Crippen LogP contribution in [-0.4, -0.2) is 14.2 Å². The maximum atomic E-state index is 8.89. The van der Waals surface area contributed by atoms with E-state index in [1.165, 1.54) is 0 Å². The van der Waals surface area contributed by atoms with Gasteiger partial charge in [-0.2, -0.15) is 5.26 Å². The first-order chi connectivity index (χ1) is 10.3. The molecule has 0 saturated heterocycles. The van der Waals surface area contributed by atoms with E-state index >= 15 is 0 Å². The van der Waals surface area contributed by atoms with Crippen molar-refractivity contribution in [2.75, 3.05) is 14.2 Å². The van der Waals surface area contributed by atoms with Gasteiger partial charge in [0.1, 0.15) is 6.61 Å². The van der Waals surface area contributed by atoms with Crippen LogP contribution in [0.5, 0.6) is 11.5 Å². The summed E-state index contributed by atoms with van der Waals surface area (Å²) in [6.45, 7) is 1.18. The first-order valence-corrected chi connectivity index (χ1v) is 6.70. The molecule has 0 atom stereocenters. The summed E-state index contributed by atoms with van der Waals surface area (Å²) in [5.74, 6) is 1.40. The zero-order valence-electron chi connectivity index (χ0n) is 12.2. The van der Waals surface area contributed by atoms with E-state index in [1.54, 1.807) is 13.2 Å². The van der Waals surface area contributed by atoms with Crippen molar-refractivity contribution in [2.45, 2.75) is 13.2 Å². The summed E-state index contributed by atoms with van der Waals surface area (Å²) in [6.07, 6.45) is 0. The van der Waals surface area contributed by atoms with E-state index in [2.05, 4.69) is 11.4 Å². The minimum atomic E-state index is 0.400. The largest absolute Gasteiger partial charge is 0.493 e. The fourth-order valence-electron chi connectivity index (χ4n) is 2.04. The SMILES string of the molecule is CNCc1ccc(OCc2cccc(C#N)c2)c(OC)c1. The smallest absolute Gasteiger partial charge is 0.161 e. The van der Waals surface area contributed by atoms with Gasteiger partial charge in [0.2, 0.25) is 0 Å². The van der Waals surface area contributed by atoms with Crippen molar-refractivity contribution in [3.8, 4) is 17.6 Å². The molecule has 4 nitrogen and oxygen atoms in total. The average molecular weight is 282 g/mol. The van der Waals surface area contributed by atoms with Gasteiger partial charge in [0.25, 0.3) is 0 Å². The monoisotopic (exact) mass is 282 g/mol. The van der Waals surface area contributed by atoms with Gasteiger partial charge in [0, 0.05) is 6.54 Å². The van der Waals surface area contributed by atoms with Gasteiger partial charge in [-0.25, -0.2) is 0 Å². The summed E-state index contributed by atoms with van der Waals surface area (Å²) in [7, 11) is 3.53. The zero-order chi connectivity index (χ0) is 15.1. The second kappa shape index (κ2) is 7.32. The zero-order valence-corrected chi connectivity index (χ0v) is 12.2. The molecule has 1 N–H and O–H groups in total. The van der Waals surface area contributed by atoms with Crippen molar-refractivity contribution >= 4 is 0 Å². The van der Waals surface area contributed by atoms with Crippen LogP contribution in [0.2, 0.25) is 0 Å². The van der Waals surface area contributed by atoms with Gasteiger partial charge >= 0.3 is 0 Å². The molecule has 0 fully saturated rings. The molecule has 0 radical (unpaired) electrons. The number of benzene rings is 2. The molecule has 0 aliphatic heterocycles. The van der Waals surface area contributed by atoms with Gasteiger partial charge < -0.3 is 14.8 Å². The first-order valence-electron chi connectivity index (χ1n) is 6.70. The van der Waals surface area contributed by atoms with Crippen molar-refractivity contribution in [1.29, 1.82) is 5.26 Å². The molecule has 0 amide bonds. The van der Waals surface area contributed by atoms with E-state index in [9.17, 15) is 0 Å². The second-order valence-electron chi connectivity index (χ2n) is 4.62. The standard InChI is InChI=1S/C17H18N2O2/c1-19-11-14-6-7-16(17(9-14)20-2)21-12-15-5-3-4-13(8-15)10-18/h3-9,19H,11-12H2,1-2H3.